The summed E-state index contributed by atoms with van der Waals surface area (Å²) in [7, 11) is 0. The van der Waals surface area contributed by atoms with Crippen LogP contribution in [-0.2, 0) is 0 Å². The summed E-state index contributed by atoms with van der Waals surface area (Å²) in [6, 6.07) is 4.57. The second-order valence-electron chi connectivity index (χ2n) is 4.31. The third-order valence-electron chi connectivity index (χ3n) is 3.06. The van der Waals surface area contributed by atoms with E-state index >= 15 is 0 Å². The van der Waals surface area contributed by atoms with Crippen molar-refractivity contribution in [1.29, 1.82) is 0 Å². The normalized spacial score (nSPS) is 10.6. The number of anilines is 1. The predicted octanol–water partition coefficient (Wildman–Crippen LogP) is 3.98. The van der Waals surface area contributed by atoms with Crippen LogP contribution in [0.2, 0.25) is 5.02 Å². The van der Waals surface area contributed by atoms with Crippen LogP contribution in [0.3, 0.4) is 0 Å². The van der Waals surface area contributed by atoms with Gasteiger partial charge in [0, 0.05) is 12.1 Å². The summed E-state index contributed by atoms with van der Waals surface area (Å²) in [5.74, 6) is 0.342. The number of nitrogens with zero attached hydrogens (tertiary/aromatic N) is 2. The van der Waals surface area contributed by atoms with Crippen LogP contribution >= 0.6 is 11.6 Å². The smallest absolute Gasteiger partial charge is 0.151 e. The summed E-state index contributed by atoms with van der Waals surface area (Å²) in [6.07, 6.45) is 0. The van der Waals surface area contributed by atoms with Crippen molar-refractivity contribution in [1.82, 2.24) is 10.2 Å². The standard InChI is InChI=1S/C14H15ClFN3/c1-4-17-14-9(3)8(2)13(18-19-14)10-5-6-12(16)11(15)7-10/h5-7H,4H2,1-3H3,(H,17,19). The molecular weight excluding hydrogens is 265 g/mol. The lowest BCUT2D eigenvalue weighted by Gasteiger charge is -2.12. The molecule has 2 rings (SSSR count). The molecule has 100 valence electrons. The van der Waals surface area contributed by atoms with E-state index in [1.54, 1.807) is 12.1 Å². The number of nitrogens with one attached hydrogen (secondary N) is 1. The topological polar surface area (TPSA) is 37.8 Å². The van der Waals surface area contributed by atoms with Crippen molar-refractivity contribution in [2.45, 2.75) is 20.8 Å². The van der Waals surface area contributed by atoms with E-state index < -0.39 is 5.82 Å². The van der Waals surface area contributed by atoms with Gasteiger partial charge in [-0.15, -0.1) is 10.2 Å². The molecule has 0 radical (unpaired) electrons. The van der Waals surface area contributed by atoms with E-state index in [2.05, 4.69) is 15.5 Å². The minimum Gasteiger partial charge on any atom is -0.369 e. The van der Waals surface area contributed by atoms with Gasteiger partial charge in [-0.3, -0.25) is 0 Å². The van der Waals surface area contributed by atoms with Crippen LogP contribution < -0.4 is 5.32 Å². The first-order chi connectivity index (χ1) is 9.04. The molecule has 1 N–H and O–H groups in total. The van der Waals surface area contributed by atoms with E-state index in [1.165, 1.54) is 6.07 Å². The first-order valence-corrected chi connectivity index (χ1v) is 6.45. The average Bonchev–Trinajstić information content (AvgIpc) is 2.39. The van der Waals surface area contributed by atoms with E-state index in [9.17, 15) is 4.39 Å². The molecule has 1 aromatic heterocycles. The summed E-state index contributed by atoms with van der Waals surface area (Å²) in [5.41, 5.74) is 3.53. The van der Waals surface area contributed by atoms with E-state index in [-0.39, 0.29) is 5.02 Å². The molecule has 0 spiro atoms. The molecular formula is C14H15ClFN3. The molecule has 5 heteroatoms. The number of rotatable bonds is 3. The quantitative estimate of drug-likeness (QED) is 0.923. The highest BCUT2D eigenvalue weighted by atomic mass is 35.5. The third kappa shape index (κ3) is 2.68. The second-order valence-corrected chi connectivity index (χ2v) is 4.71. The molecule has 0 saturated carbocycles. The Kier molecular flexibility index (Phi) is 4.00. The Bertz CT molecular complexity index is 614. The van der Waals surface area contributed by atoms with Gasteiger partial charge in [0.05, 0.1) is 10.7 Å². The van der Waals surface area contributed by atoms with Crippen LogP contribution in [0.15, 0.2) is 18.2 Å². The summed E-state index contributed by atoms with van der Waals surface area (Å²) in [5, 5.41) is 11.6. The number of benzene rings is 1. The first kappa shape index (κ1) is 13.7. The van der Waals surface area contributed by atoms with E-state index in [0.29, 0.717) is 0 Å². The zero-order chi connectivity index (χ0) is 14.0. The maximum Gasteiger partial charge on any atom is 0.151 e. The fourth-order valence-corrected chi connectivity index (χ4v) is 2.04. The molecule has 0 fully saturated rings. The minimum atomic E-state index is -0.433. The molecule has 0 aliphatic rings. The van der Waals surface area contributed by atoms with Crippen LogP contribution in [0.4, 0.5) is 10.2 Å². The van der Waals surface area contributed by atoms with Gasteiger partial charge in [-0.2, -0.15) is 0 Å². The highest BCUT2D eigenvalue weighted by Gasteiger charge is 2.12. The Morgan fingerprint density at radius 1 is 1.21 bits per heavy atom. The molecule has 0 aliphatic heterocycles. The predicted molar refractivity (Wildman–Crippen MR) is 76.1 cm³/mol. The molecule has 2 aromatic rings. The third-order valence-corrected chi connectivity index (χ3v) is 3.35. The van der Waals surface area contributed by atoms with Gasteiger partial charge in [0.25, 0.3) is 0 Å². The summed E-state index contributed by atoms with van der Waals surface area (Å²) < 4.78 is 13.2. The molecule has 1 aromatic carbocycles. The Morgan fingerprint density at radius 3 is 2.58 bits per heavy atom. The Hall–Kier alpha value is -1.68. The van der Waals surface area contributed by atoms with Crippen LogP contribution in [0, 0.1) is 19.7 Å². The van der Waals surface area contributed by atoms with Gasteiger partial charge < -0.3 is 5.32 Å². The molecule has 0 atom stereocenters. The van der Waals surface area contributed by atoms with Gasteiger partial charge in [0.2, 0.25) is 0 Å². The second kappa shape index (κ2) is 5.53. The van der Waals surface area contributed by atoms with Gasteiger partial charge in [-0.25, -0.2) is 4.39 Å². The van der Waals surface area contributed by atoms with E-state index in [4.69, 9.17) is 11.6 Å². The monoisotopic (exact) mass is 279 g/mol. The molecule has 0 unspecified atom stereocenters. The minimum absolute atomic E-state index is 0.0899. The maximum absolute atomic E-state index is 13.2. The maximum atomic E-state index is 13.2. The fourth-order valence-electron chi connectivity index (χ4n) is 1.86. The summed E-state index contributed by atoms with van der Waals surface area (Å²) in [4.78, 5) is 0. The number of hydrogen-bond donors (Lipinski definition) is 1. The number of hydrogen-bond acceptors (Lipinski definition) is 3. The highest BCUT2D eigenvalue weighted by Crippen LogP contribution is 2.28. The molecule has 1 heterocycles. The van der Waals surface area contributed by atoms with Crippen LogP contribution in [0.25, 0.3) is 11.3 Å². The van der Waals surface area contributed by atoms with Crippen molar-refractivity contribution in [2.24, 2.45) is 0 Å². The van der Waals surface area contributed by atoms with Gasteiger partial charge >= 0.3 is 0 Å². The fraction of sp³-hybridized carbons (Fsp3) is 0.286. The summed E-state index contributed by atoms with van der Waals surface area (Å²) in [6.45, 7) is 6.74. The van der Waals surface area contributed by atoms with Crippen molar-refractivity contribution in [2.75, 3.05) is 11.9 Å². The Labute approximate surface area is 116 Å². The Morgan fingerprint density at radius 2 is 1.95 bits per heavy atom. The van der Waals surface area contributed by atoms with Gasteiger partial charge in [0.1, 0.15) is 5.82 Å². The Balaban J connectivity index is 2.51. The van der Waals surface area contributed by atoms with E-state index in [1.807, 2.05) is 20.8 Å². The largest absolute Gasteiger partial charge is 0.369 e. The molecule has 19 heavy (non-hydrogen) atoms. The molecule has 0 bridgehead atoms. The molecule has 0 saturated heterocycles. The van der Waals surface area contributed by atoms with Gasteiger partial charge in [-0.05, 0) is 50.1 Å². The first-order valence-electron chi connectivity index (χ1n) is 6.07. The molecule has 3 nitrogen and oxygen atoms in total. The molecule has 0 aliphatic carbocycles. The van der Waals surface area contributed by atoms with Gasteiger partial charge in [0.15, 0.2) is 5.82 Å². The van der Waals surface area contributed by atoms with Crippen molar-refractivity contribution in [3.05, 3.63) is 40.2 Å². The lowest BCUT2D eigenvalue weighted by Crippen LogP contribution is -2.06. The zero-order valence-electron chi connectivity index (χ0n) is 11.1. The molecule has 0 amide bonds. The van der Waals surface area contributed by atoms with Crippen LogP contribution in [0.5, 0.6) is 0 Å². The zero-order valence-corrected chi connectivity index (χ0v) is 11.8. The van der Waals surface area contributed by atoms with Crippen molar-refractivity contribution >= 4 is 17.4 Å². The van der Waals surface area contributed by atoms with Crippen LogP contribution in [-0.4, -0.2) is 16.7 Å². The van der Waals surface area contributed by atoms with Gasteiger partial charge in [-0.1, -0.05) is 11.6 Å². The van der Waals surface area contributed by atoms with Crippen LogP contribution in [0.1, 0.15) is 18.1 Å². The number of halogens is 2. The van der Waals surface area contributed by atoms with E-state index in [0.717, 1.165) is 34.7 Å². The van der Waals surface area contributed by atoms with Crippen molar-refractivity contribution in [3.63, 3.8) is 0 Å². The average molecular weight is 280 g/mol. The SMILES string of the molecule is CCNc1nnc(-c2ccc(F)c(Cl)c2)c(C)c1C. The van der Waals surface area contributed by atoms with Crippen molar-refractivity contribution < 1.29 is 4.39 Å². The lowest BCUT2D eigenvalue weighted by molar-refractivity contribution is 0.628. The number of aromatic nitrogens is 2. The van der Waals surface area contributed by atoms with Crippen molar-refractivity contribution in [3.8, 4) is 11.3 Å². The summed E-state index contributed by atoms with van der Waals surface area (Å²) >= 11 is 5.80. The highest BCUT2D eigenvalue weighted by molar-refractivity contribution is 6.31. The lowest BCUT2D eigenvalue weighted by atomic mass is 10.0.